The lowest BCUT2D eigenvalue weighted by Gasteiger charge is -2.24. The van der Waals surface area contributed by atoms with Crippen molar-refractivity contribution in [3.05, 3.63) is 28.3 Å². The van der Waals surface area contributed by atoms with Crippen LogP contribution in [0.1, 0.15) is 11.1 Å². The minimum absolute atomic E-state index is 0.237. The molecule has 0 spiro atoms. The molecule has 0 unspecified atom stereocenters. The summed E-state index contributed by atoms with van der Waals surface area (Å²) in [4.78, 5) is 3.70. The van der Waals surface area contributed by atoms with Crippen molar-refractivity contribution >= 4 is 17.3 Å². The number of likely N-dealkylation sites (N-methyl/N-ethyl adjacent to an activating group) is 2. The second-order valence-electron chi connectivity index (χ2n) is 4.87. The molecule has 0 saturated carbocycles. The van der Waals surface area contributed by atoms with Gasteiger partial charge in [0.2, 0.25) is 0 Å². The lowest BCUT2D eigenvalue weighted by atomic mass is 10.1. The summed E-state index contributed by atoms with van der Waals surface area (Å²) in [6.45, 7) is 2.98. The van der Waals surface area contributed by atoms with Crippen LogP contribution in [0.25, 0.3) is 0 Å². The monoisotopic (exact) mass is 294 g/mol. The number of alkyl halides is 3. The molecule has 1 aromatic rings. The van der Waals surface area contributed by atoms with E-state index in [1.165, 1.54) is 0 Å². The van der Waals surface area contributed by atoms with Gasteiger partial charge in [0.25, 0.3) is 0 Å². The van der Waals surface area contributed by atoms with Gasteiger partial charge in [0.05, 0.1) is 16.3 Å². The van der Waals surface area contributed by atoms with Gasteiger partial charge >= 0.3 is 6.18 Å². The van der Waals surface area contributed by atoms with E-state index in [-0.39, 0.29) is 5.02 Å². The molecule has 0 aliphatic carbocycles. The van der Waals surface area contributed by atoms with Crippen LogP contribution in [0.2, 0.25) is 5.02 Å². The quantitative estimate of drug-likeness (QED) is 0.836. The van der Waals surface area contributed by atoms with Gasteiger partial charge in [-0.3, -0.25) is 0 Å². The van der Waals surface area contributed by atoms with Crippen molar-refractivity contribution in [1.29, 1.82) is 0 Å². The van der Waals surface area contributed by atoms with Gasteiger partial charge in [-0.05, 0) is 38.7 Å². The third-order valence-corrected chi connectivity index (χ3v) is 3.19. The Morgan fingerprint density at radius 3 is 2.16 bits per heavy atom. The van der Waals surface area contributed by atoms with Crippen LogP contribution in [-0.2, 0) is 6.18 Å². The van der Waals surface area contributed by atoms with Crippen LogP contribution in [0.3, 0.4) is 0 Å². The van der Waals surface area contributed by atoms with Gasteiger partial charge in [-0.1, -0.05) is 11.6 Å². The zero-order chi connectivity index (χ0) is 14.8. The highest BCUT2D eigenvalue weighted by atomic mass is 35.5. The Kier molecular flexibility index (Phi) is 5.10. The molecule has 0 aliphatic rings. The molecule has 2 nitrogen and oxygen atoms in total. The molecule has 0 aliphatic heterocycles. The number of halogens is 4. The Labute approximate surface area is 116 Å². The highest BCUT2D eigenvalue weighted by molar-refractivity contribution is 6.34. The van der Waals surface area contributed by atoms with Gasteiger partial charge in [0.1, 0.15) is 0 Å². The van der Waals surface area contributed by atoms with Crippen LogP contribution in [0, 0.1) is 6.92 Å². The molecule has 19 heavy (non-hydrogen) atoms. The van der Waals surface area contributed by atoms with E-state index in [2.05, 4.69) is 0 Å². The SMILES string of the molecule is Cc1cc(N(C)CCN(C)C)c(Cl)c(C(F)(F)F)c1. The predicted octanol–water partition coefficient (Wildman–Crippen LogP) is 3.67. The Bertz CT molecular complexity index is 444. The number of hydrogen-bond acceptors (Lipinski definition) is 2. The molecule has 6 heteroatoms. The van der Waals surface area contributed by atoms with E-state index in [0.29, 0.717) is 17.8 Å². The fourth-order valence-electron chi connectivity index (χ4n) is 1.70. The summed E-state index contributed by atoms with van der Waals surface area (Å²) < 4.78 is 38.6. The Morgan fingerprint density at radius 2 is 1.68 bits per heavy atom. The van der Waals surface area contributed by atoms with Crippen LogP contribution in [0.4, 0.5) is 18.9 Å². The van der Waals surface area contributed by atoms with Gasteiger partial charge in [0, 0.05) is 20.1 Å². The third kappa shape index (κ3) is 4.28. The first-order valence-corrected chi connectivity index (χ1v) is 6.24. The Hall–Kier alpha value is -0.940. The van der Waals surface area contributed by atoms with Crippen molar-refractivity contribution in [3.63, 3.8) is 0 Å². The second-order valence-corrected chi connectivity index (χ2v) is 5.25. The van der Waals surface area contributed by atoms with Crippen molar-refractivity contribution < 1.29 is 13.2 Å². The van der Waals surface area contributed by atoms with E-state index < -0.39 is 11.7 Å². The molecular formula is C13H18ClF3N2. The second kappa shape index (κ2) is 6.01. The van der Waals surface area contributed by atoms with Gasteiger partial charge in [0.15, 0.2) is 0 Å². The number of anilines is 1. The maximum absolute atomic E-state index is 12.9. The summed E-state index contributed by atoms with van der Waals surface area (Å²) in [5.41, 5.74) is 0.181. The molecular weight excluding hydrogens is 277 g/mol. The predicted molar refractivity (Wildman–Crippen MR) is 73.0 cm³/mol. The molecule has 0 N–H and O–H groups in total. The average molecular weight is 295 g/mol. The first kappa shape index (κ1) is 16.1. The van der Waals surface area contributed by atoms with Crippen LogP contribution >= 0.6 is 11.6 Å². The zero-order valence-electron chi connectivity index (χ0n) is 11.5. The van der Waals surface area contributed by atoms with Crippen molar-refractivity contribution in [1.82, 2.24) is 4.90 Å². The summed E-state index contributed by atoms with van der Waals surface area (Å²) >= 11 is 5.90. The Morgan fingerprint density at radius 1 is 1.11 bits per heavy atom. The molecule has 0 saturated heterocycles. The smallest absolute Gasteiger partial charge is 0.372 e. The number of hydrogen-bond donors (Lipinski definition) is 0. The van der Waals surface area contributed by atoms with Gasteiger partial charge in [-0.15, -0.1) is 0 Å². The molecule has 0 heterocycles. The van der Waals surface area contributed by atoms with Gasteiger partial charge in [-0.2, -0.15) is 13.2 Å². The van der Waals surface area contributed by atoms with Gasteiger partial charge < -0.3 is 9.80 Å². The lowest BCUT2D eigenvalue weighted by molar-refractivity contribution is -0.137. The summed E-state index contributed by atoms with van der Waals surface area (Å²) in [5, 5.41) is -0.237. The summed E-state index contributed by atoms with van der Waals surface area (Å²) in [7, 11) is 5.56. The topological polar surface area (TPSA) is 6.48 Å². The van der Waals surface area contributed by atoms with E-state index in [0.717, 1.165) is 12.6 Å². The molecule has 1 aromatic carbocycles. The maximum Gasteiger partial charge on any atom is 0.417 e. The fourth-order valence-corrected chi connectivity index (χ4v) is 2.06. The molecule has 0 aromatic heterocycles. The normalized spacial score (nSPS) is 12.1. The standard InChI is InChI=1S/C13H18ClF3N2/c1-9-7-10(13(15,16)17)12(14)11(8-9)19(4)6-5-18(2)3/h7-8H,5-6H2,1-4H3. The zero-order valence-corrected chi connectivity index (χ0v) is 12.2. The van der Waals surface area contributed by atoms with E-state index in [1.807, 2.05) is 19.0 Å². The molecule has 0 bridgehead atoms. The van der Waals surface area contributed by atoms with Gasteiger partial charge in [-0.25, -0.2) is 0 Å². The average Bonchev–Trinajstić information content (AvgIpc) is 2.27. The van der Waals surface area contributed by atoms with E-state index >= 15 is 0 Å². The molecule has 1 rings (SSSR count). The number of nitrogens with zero attached hydrogens (tertiary/aromatic N) is 2. The number of benzene rings is 1. The number of rotatable bonds is 4. The van der Waals surface area contributed by atoms with Crippen molar-refractivity contribution in [2.24, 2.45) is 0 Å². The van der Waals surface area contributed by atoms with Crippen molar-refractivity contribution in [2.45, 2.75) is 13.1 Å². The highest BCUT2D eigenvalue weighted by Gasteiger charge is 2.34. The van der Waals surface area contributed by atoms with E-state index in [4.69, 9.17) is 11.6 Å². The van der Waals surface area contributed by atoms with Crippen LogP contribution in [0.15, 0.2) is 12.1 Å². The Balaban J connectivity index is 3.11. The molecule has 0 radical (unpaired) electrons. The van der Waals surface area contributed by atoms with Crippen molar-refractivity contribution in [3.8, 4) is 0 Å². The largest absolute Gasteiger partial charge is 0.417 e. The minimum atomic E-state index is -4.43. The molecule has 0 fully saturated rings. The first-order valence-electron chi connectivity index (χ1n) is 5.86. The van der Waals surface area contributed by atoms with Crippen molar-refractivity contribution in [2.75, 3.05) is 39.1 Å². The highest BCUT2D eigenvalue weighted by Crippen LogP contribution is 2.40. The van der Waals surface area contributed by atoms with Crippen LogP contribution in [0.5, 0.6) is 0 Å². The fraction of sp³-hybridized carbons (Fsp3) is 0.538. The summed E-state index contributed by atoms with van der Waals surface area (Å²) in [5.74, 6) is 0. The first-order chi connectivity index (χ1) is 8.62. The van der Waals surface area contributed by atoms with E-state index in [9.17, 15) is 13.2 Å². The van der Waals surface area contributed by atoms with E-state index in [1.54, 1.807) is 24.9 Å². The summed E-state index contributed by atoms with van der Waals surface area (Å²) in [6, 6.07) is 2.75. The van der Waals surface area contributed by atoms with Crippen LogP contribution < -0.4 is 4.90 Å². The minimum Gasteiger partial charge on any atom is -0.372 e. The molecule has 0 atom stereocenters. The number of aryl methyl sites for hydroxylation is 1. The molecule has 0 amide bonds. The summed E-state index contributed by atoms with van der Waals surface area (Å²) in [6.07, 6.45) is -4.43. The molecule has 108 valence electrons. The maximum atomic E-state index is 12.9. The third-order valence-electron chi connectivity index (χ3n) is 2.80. The lowest BCUT2D eigenvalue weighted by Crippen LogP contribution is -2.29. The van der Waals surface area contributed by atoms with Crippen LogP contribution in [-0.4, -0.2) is 39.1 Å².